The minimum absolute atomic E-state index is 0.0345. The summed E-state index contributed by atoms with van der Waals surface area (Å²) in [7, 11) is 0. The van der Waals surface area contributed by atoms with Gasteiger partial charge >= 0.3 is 0 Å². The fourth-order valence-corrected chi connectivity index (χ4v) is 2.26. The van der Waals surface area contributed by atoms with Crippen LogP contribution in [0.15, 0.2) is 24.4 Å². The van der Waals surface area contributed by atoms with Gasteiger partial charge in [-0.1, -0.05) is 25.1 Å². The van der Waals surface area contributed by atoms with E-state index in [2.05, 4.69) is 29.4 Å². The summed E-state index contributed by atoms with van der Waals surface area (Å²) in [5, 5.41) is 13.0. The van der Waals surface area contributed by atoms with Crippen molar-refractivity contribution in [2.75, 3.05) is 13.2 Å². The number of rotatable bonds is 6. The Bertz CT molecular complexity index is 589. The topological polar surface area (TPSA) is 65.1 Å². The molecule has 2 rings (SSSR count). The van der Waals surface area contributed by atoms with Crippen LogP contribution in [-0.2, 0) is 11.2 Å². The quantitative estimate of drug-likeness (QED) is 0.755. The molecule has 0 spiro atoms. The highest BCUT2D eigenvalue weighted by molar-refractivity contribution is 5.86. The molecule has 1 amide bonds. The van der Waals surface area contributed by atoms with Crippen LogP contribution in [0.25, 0.3) is 10.9 Å². The summed E-state index contributed by atoms with van der Waals surface area (Å²) in [6, 6.07) is 6.20. The molecule has 3 N–H and O–H groups in total. The Morgan fingerprint density at radius 1 is 1.45 bits per heavy atom. The number of aliphatic hydroxyl groups is 1. The molecule has 0 radical (unpaired) electrons. The highest BCUT2D eigenvalue weighted by atomic mass is 16.3. The number of hydrogen-bond donors (Lipinski definition) is 3. The molecule has 1 heterocycles. The van der Waals surface area contributed by atoms with Crippen LogP contribution in [0.5, 0.6) is 0 Å². The van der Waals surface area contributed by atoms with E-state index in [4.69, 9.17) is 5.11 Å². The molecule has 0 bridgehead atoms. The second kappa shape index (κ2) is 6.57. The number of para-hydroxylation sites is 1. The summed E-state index contributed by atoms with van der Waals surface area (Å²) in [6.45, 7) is 4.61. The normalized spacial score (nSPS) is 12.6. The Morgan fingerprint density at radius 3 is 3.00 bits per heavy atom. The van der Waals surface area contributed by atoms with Gasteiger partial charge in [-0.15, -0.1) is 0 Å². The molecule has 1 aromatic heterocycles. The second-order valence-electron chi connectivity index (χ2n) is 5.40. The van der Waals surface area contributed by atoms with Crippen LogP contribution >= 0.6 is 0 Å². The van der Waals surface area contributed by atoms with Crippen molar-refractivity contribution in [1.29, 1.82) is 0 Å². The number of fused-ring (bicyclic) bond motifs is 1. The maximum absolute atomic E-state index is 11.8. The number of carbonyl (C=O) groups excluding carboxylic acids is 1. The van der Waals surface area contributed by atoms with Crippen LogP contribution < -0.4 is 5.32 Å². The van der Waals surface area contributed by atoms with Crippen LogP contribution in [0.3, 0.4) is 0 Å². The third-order valence-corrected chi connectivity index (χ3v) is 3.59. The summed E-state index contributed by atoms with van der Waals surface area (Å²) >= 11 is 0. The van der Waals surface area contributed by atoms with Gasteiger partial charge in [0, 0.05) is 36.7 Å². The lowest BCUT2D eigenvalue weighted by molar-refractivity contribution is -0.121. The van der Waals surface area contributed by atoms with Crippen LogP contribution in [0, 0.1) is 12.8 Å². The van der Waals surface area contributed by atoms with Crippen molar-refractivity contribution in [3.63, 3.8) is 0 Å². The first-order valence-corrected chi connectivity index (χ1v) is 7.05. The van der Waals surface area contributed by atoms with E-state index in [9.17, 15) is 4.79 Å². The Hall–Kier alpha value is -1.81. The van der Waals surface area contributed by atoms with Gasteiger partial charge < -0.3 is 15.4 Å². The summed E-state index contributed by atoms with van der Waals surface area (Å²) in [4.78, 5) is 15.0. The average molecular weight is 274 g/mol. The molecule has 0 aliphatic carbocycles. The third kappa shape index (κ3) is 3.39. The predicted octanol–water partition coefficient (Wildman–Crippen LogP) is 2.15. The lowest BCUT2D eigenvalue weighted by Crippen LogP contribution is -2.29. The van der Waals surface area contributed by atoms with Gasteiger partial charge in [-0.25, -0.2) is 0 Å². The number of aromatic amines is 1. The number of nitrogens with one attached hydrogen (secondary N) is 2. The molecule has 4 heteroatoms. The monoisotopic (exact) mass is 274 g/mol. The van der Waals surface area contributed by atoms with Gasteiger partial charge in [-0.2, -0.15) is 0 Å². The zero-order valence-corrected chi connectivity index (χ0v) is 12.1. The lowest BCUT2D eigenvalue weighted by Gasteiger charge is -2.09. The van der Waals surface area contributed by atoms with Crippen molar-refractivity contribution in [3.8, 4) is 0 Å². The van der Waals surface area contributed by atoms with E-state index in [1.54, 1.807) is 0 Å². The Morgan fingerprint density at radius 2 is 2.25 bits per heavy atom. The van der Waals surface area contributed by atoms with Gasteiger partial charge in [-0.3, -0.25) is 4.79 Å². The molecule has 0 saturated carbocycles. The largest absolute Gasteiger partial charge is 0.396 e. The highest BCUT2D eigenvalue weighted by Crippen LogP contribution is 2.22. The second-order valence-corrected chi connectivity index (χ2v) is 5.40. The molecule has 1 atom stereocenters. The van der Waals surface area contributed by atoms with E-state index >= 15 is 0 Å². The van der Waals surface area contributed by atoms with Gasteiger partial charge in [0.05, 0.1) is 0 Å². The molecule has 0 saturated heterocycles. The maximum Gasteiger partial charge on any atom is 0.220 e. The summed E-state index contributed by atoms with van der Waals surface area (Å²) in [6.07, 6.45) is 3.18. The van der Waals surface area contributed by atoms with E-state index in [0.29, 0.717) is 13.0 Å². The molecule has 1 aromatic carbocycles. The molecule has 2 aromatic rings. The van der Waals surface area contributed by atoms with Crippen molar-refractivity contribution < 1.29 is 9.90 Å². The fourth-order valence-electron chi connectivity index (χ4n) is 2.26. The molecule has 1 unspecified atom stereocenters. The Labute approximate surface area is 119 Å². The number of aromatic nitrogens is 1. The van der Waals surface area contributed by atoms with Crippen LogP contribution in [-0.4, -0.2) is 29.1 Å². The number of H-pyrrole nitrogens is 1. The number of carbonyl (C=O) groups is 1. The standard InChI is InChI=1S/C16H22N2O2/c1-11(10-19)8-17-15(20)7-6-13-9-18-16-12(2)4-3-5-14(13)16/h3-5,9,11,18-19H,6-8,10H2,1-2H3,(H,17,20). The number of aryl methyl sites for hydroxylation is 2. The maximum atomic E-state index is 11.8. The molecule has 0 fully saturated rings. The van der Waals surface area contributed by atoms with Crippen LogP contribution in [0.1, 0.15) is 24.5 Å². The Balaban J connectivity index is 1.93. The fraction of sp³-hybridized carbons (Fsp3) is 0.438. The molecule has 20 heavy (non-hydrogen) atoms. The van der Waals surface area contributed by atoms with Crippen molar-refractivity contribution in [1.82, 2.24) is 10.3 Å². The molecule has 4 nitrogen and oxygen atoms in total. The van der Waals surface area contributed by atoms with Gasteiger partial charge in [0.15, 0.2) is 0 Å². The van der Waals surface area contributed by atoms with Crippen molar-refractivity contribution in [3.05, 3.63) is 35.5 Å². The van der Waals surface area contributed by atoms with E-state index in [1.807, 2.05) is 19.2 Å². The zero-order chi connectivity index (χ0) is 14.5. The van der Waals surface area contributed by atoms with Crippen molar-refractivity contribution >= 4 is 16.8 Å². The lowest BCUT2D eigenvalue weighted by atomic mass is 10.1. The summed E-state index contributed by atoms with van der Waals surface area (Å²) in [5.74, 6) is 0.141. The average Bonchev–Trinajstić information content (AvgIpc) is 2.87. The van der Waals surface area contributed by atoms with E-state index < -0.39 is 0 Å². The molecular weight excluding hydrogens is 252 g/mol. The third-order valence-electron chi connectivity index (χ3n) is 3.59. The molecule has 108 valence electrons. The first-order chi connectivity index (χ1) is 9.61. The molecule has 0 aliphatic heterocycles. The molecule has 0 aliphatic rings. The zero-order valence-electron chi connectivity index (χ0n) is 12.1. The number of amides is 1. The van der Waals surface area contributed by atoms with Crippen LogP contribution in [0.4, 0.5) is 0 Å². The van der Waals surface area contributed by atoms with Gasteiger partial charge in [0.25, 0.3) is 0 Å². The first kappa shape index (κ1) is 14.6. The van der Waals surface area contributed by atoms with Gasteiger partial charge in [0.2, 0.25) is 5.91 Å². The number of aliphatic hydroxyl groups excluding tert-OH is 1. The smallest absolute Gasteiger partial charge is 0.220 e. The predicted molar refractivity (Wildman–Crippen MR) is 80.6 cm³/mol. The Kier molecular flexibility index (Phi) is 4.79. The van der Waals surface area contributed by atoms with Gasteiger partial charge in [0.1, 0.15) is 0 Å². The minimum Gasteiger partial charge on any atom is -0.396 e. The van der Waals surface area contributed by atoms with Crippen molar-refractivity contribution in [2.24, 2.45) is 5.92 Å². The highest BCUT2D eigenvalue weighted by Gasteiger charge is 2.08. The summed E-state index contributed by atoms with van der Waals surface area (Å²) in [5.41, 5.74) is 3.54. The van der Waals surface area contributed by atoms with E-state index in [1.165, 1.54) is 16.5 Å². The summed E-state index contributed by atoms with van der Waals surface area (Å²) < 4.78 is 0. The van der Waals surface area contributed by atoms with Crippen LogP contribution in [0.2, 0.25) is 0 Å². The van der Waals surface area contributed by atoms with Gasteiger partial charge in [-0.05, 0) is 30.4 Å². The van der Waals surface area contributed by atoms with Crippen molar-refractivity contribution in [2.45, 2.75) is 26.7 Å². The number of hydrogen-bond acceptors (Lipinski definition) is 2. The number of benzene rings is 1. The molecular formula is C16H22N2O2. The minimum atomic E-state index is 0.0345. The first-order valence-electron chi connectivity index (χ1n) is 7.05. The SMILES string of the molecule is Cc1cccc2c(CCC(=O)NCC(C)CO)c[nH]c12. The van der Waals surface area contributed by atoms with E-state index in [-0.39, 0.29) is 18.4 Å². The van der Waals surface area contributed by atoms with E-state index in [0.717, 1.165) is 11.9 Å².